The monoisotopic (exact) mass is 288 g/mol. The fourth-order valence-electron chi connectivity index (χ4n) is 1.89. The first-order chi connectivity index (χ1) is 10.3. The van der Waals surface area contributed by atoms with Crippen molar-refractivity contribution in [2.75, 3.05) is 13.2 Å². The van der Waals surface area contributed by atoms with Gasteiger partial charge in [-0.25, -0.2) is 4.98 Å². The minimum Gasteiger partial charge on any atom is -0.484 e. The molecule has 6 heteroatoms. The molecule has 1 aromatic heterocycles. The molecule has 6 nitrogen and oxygen atoms in total. The topological polar surface area (TPSA) is 79.9 Å². The smallest absolute Gasteiger partial charge is 0.257 e. The molecule has 0 aliphatic heterocycles. The van der Waals surface area contributed by atoms with E-state index in [4.69, 9.17) is 4.74 Å². The number of aromatic nitrogens is 3. The van der Waals surface area contributed by atoms with Crippen molar-refractivity contribution in [3.63, 3.8) is 0 Å². The Hall–Kier alpha value is -2.37. The zero-order valence-corrected chi connectivity index (χ0v) is 12.1. The molecule has 2 rings (SSSR count). The van der Waals surface area contributed by atoms with Gasteiger partial charge < -0.3 is 10.1 Å². The number of carbonyl (C=O) groups excluding carboxylic acids is 1. The van der Waals surface area contributed by atoms with Crippen LogP contribution in [-0.2, 0) is 17.6 Å². The van der Waals surface area contributed by atoms with Crippen molar-refractivity contribution >= 4 is 5.91 Å². The summed E-state index contributed by atoms with van der Waals surface area (Å²) in [6.45, 7) is 2.72. The highest BCUT2D eigenvalue weighted by atomic mass is 16.5. The Balaban J connectivity index is 1.62. The summed E-state index contributed by atoms with van der Waals surface area (Å²) in [7, 11) is 0. The number of hydrogen-bond donors (Lipinski definition) is 2. The van der Waals surface area contributed by atoms with Gasteiger partial charge in [0.1, 0.15) is 17.9 Å². The van der Waals surface area contributed by atoms with E-state index in [-0.39, 0.29) is 12.5 Å². The lowest BCUT2D eigenvalue weighted by atomic mass is 10.2. The first-order valence-corrected chi connectivity index (χ1v) is 7.10. The number of H-pyrrole nitrogens is 1. The molecule has 1 amide bonds. The summed E-state index contributed by atoms with van der Waals surface area (Å²) in [4.78, 5) is 15.7. The van der Waals surface area contributed by atoms with Crippen LogP contribution in [0.15, 0.2) is 30.6 Å². The van der Waals surface area contributed by atoms with Gasteiger partial charge in [0.05, 0.1) is 0 Å². The molecule has 0 saturated heterocycles. The van der Waals surface area contributed by atoms with Gasteiger partial charge >= 0.3 is 0 Å². The lowest BCUT2D eigenvalue weighted by molar-refractivity contribution is -0.123. The third kappa shape index (κ3) is 5.25. The van der Waals surface area contributed by atoms with E-state index in [0.717, 1.165) is 30.8 Å². The van der Waals surface area contributed by atoms with Crippen LogP contribution >= 0.6 is 0 Å². The van der Waals surface area contributed by atoms with E-state index in [0.29, 0.717) is 6.54 Å². The summed E-state index contributed by atoms with van der Waals surface area (Å²) in [5.74, 6) is 1.44. The molecule has 2 N–H and O–H groups in total. The second-order valence-electron chi connectivity index (χ2n) is 4.68. The molecule has 0 saturated carbocycles. The number of benzene rings is 1. The molecular formula is C15H20N4O2. The highest BCUT2D eigenvalue weighted by molar-refractivity contribution is 5.77. The largest absolute Gasteiger partial charge is 0.484 e. The van der Waals surface area contributed by atoms with Crippen LogP contribution in [-0.4, -0.2) is 34.2 Å². The Kier molecular flexibility index (Phi) is 5.75. The number of ether oxygens (including phenoxy) is 1. The van der Waals surface area contributed by atoms with E-state index >= 15 is 0 Å². The number of nitrogens with zero attached hydrogens (tertiary/aromatic N) is 2. The van der Waals surface area contributed by atoms with Gasteiger partial charge in [-0.15, -0.1) is 0 Å². The molecule has 0 aliphatic carbocycles. The summed E-state index contributed by atoms with van der Waals surface area (Å²) in [6, 6.07) is 7.79. The lowest BCUT2D eigenvalue weighted by Gasteiger charge is -2.08. The molecule has 21 heavy (non-hydrogen) atoms. The molecule has 0 fully saturated rings. The molecule has 0 aliphatic rings. The fourth-order valence-corrected chi connectivity index (χ4v) is 1.89. The van der Waals surface area contributed by atoms with E-state index in [1.165, 1.54) is 11.9 Å². The average molecular weight is 288 g/mol. The number of carbonyl (C=O) groups is 1. The van der Waals surface area contributed by atoms with Gasteiger partial charge in [0.2, 0.25) is 0 Å². The van der Waals surface area contributed by atoms with E-state index in [1.807, 2.05) is 24.3 Å². The fraction of sp³-hybridized carbons (Fsp3) is 0.400. The van der Waals surface area contributed by atoms with Crippen molar-refractivity contribution in [3.8, 4) is 5.75 Å². The number of hydrogen-bond acceptors (Lipinski definition) is 4. The second kappa shape index (κ2) is 8.04. The SMILES string of the molecule is CCc1cccc(OCC(=O)NCCCc2ncn[nH]2)c1. The van der Waals surface area contributed by atoms with Crippen LogP contribution in [0.25, 0.3) is 0 Å². The third-order valence-electron chi connectivity index (χ3n) is 3.05. The second-order valence-corrected chi connectivity index (χ2v) is 4.68. The van der Waals surface area contributed by atoms with Crippen LogP contribution < -0.4 is 10.1 Å². The van der Waals surface area contributed by atoms with E-state index in [1.54, 1.807) is 0 Å². The van der Waals surface area contributed by atoms with Crippen molar-refractivity contribution in [2.24, 2.45) is 0 Å². The summed E-state index contributed by atoms with van der Waals surface area (Å²) >= 11 is 0. The van der Waals surface area contributed by atoms with Crippen molar-refractivity contribution in [1.29, 1.82) is 0 Å². The number of rotatable bonds is 8. The van der Waals surface area contributed by atoms with E-state index in [2.05, 4.69) is 27.4 Å². The predicted octanol–water partition coefficient (Wildman–Crippen LogP) is 1.49. The van der Waals surface area contributed by atoms with Crippen LogP contribution in [0, 0.1) is 0 Å². The zero-order valence-electron chi connectivity index (χ0n) is 12.1. The zero-order chi connectivity index (χ0) is 14.9. The summed E-state index contributed by atoms with van der Waals surface area (Å²) < 4.78 is 5.47. The van der Waals surface area contributed by atoms with Gasteiger partial charge in [-0.05, 0) is 30.5 Å². The summed E-state index contributed by atoms with van der Waals surface area (Å²) in [6.07, 6.45) is 4.00. The van der Waals surface area contributed by atoms with Crippen molar-refractivity contribution in [3.05, 3.63) is 42.0 Å². The lowest BCUT2D eigenvalue weighted by Crippen LogP contribution is -2.30. The molecule has 0 atom stereocenters. The van der Waals surface area contributed by atoms with Gasteiger partial charge in [0.15, 0.2) is 6.61 Å². The van der Waals surface area contributed by atoms with E-state index < -0.39 is 0 Å². The molecule has 0 radical (unpaired) electrons. The first-order valence-electron chi connectivity index (χ1n) is 7.10. The van der Waals surface area contributed by atoms with Crippen LogP contribution in [0.4, 0.5) is 0 Å². The van der Waals surface area contributed by atoms with Crippen molar-refractivity contribution in [1.82, 2.24) is 20.5 Å². The van der Waals surface area contributed by atoms with Crippen LogP contribution in [0.2, 0.25) is 0 Å². The Morgan fingerprint density at radius 3 is 3.10 bits per heavy atom. The van der Waals surface area contributed by atoms with Gasteiger partial charge in [0, 0.05) is 13.0 Å². The molecular weight excluding hydrogens is 268 g/mol. The molecule has 0 spiro atoms. The molecule has 1 heterocycles. The average Bonchev–Trinajstić information content (AvgIpc) is 3.03. The van der Waals surface area contributed by atoms with Gasteiger partial charge in [0.25, 0.3) is 5.91 Å². The standard InChI is InChI=1S/C15H20N4O2/c1-2-12-5-3-6-13(9-12)21-10-15(20)16-8-4-7-14-17-11-18-19-14/h3,5-6,9,11H,2,4,7-8,10H2,1H3,(H,16,20)(H,17,18,19). The Labute approximate surface area is 123 Å². The van der Waals surface area contributed by atoms with Gasteiger partial charge in [-0.3, -0.25) is 9.89 Å². The summed E-state index contributed by atoms with van der Waals surface area (Å²) in [5.41, 5.74) is 1.19. The minimum absolute atomic E-state index is 0.0372. The third-order valence-corrected chi connectivity index (χ3v) is 3.05. The Morgan fingerprint density at radius 1 is 1.43 bits per heavy atom. The molecule has 112 valence electrons. The van der Waals surface area contributed by atoms with Gasteiger partial charge in [-0.2, -0.15) is 5.10 Å². The highest BCUT2D eigenvalue weighted by Crippen LogP contribution is 2.13. The number of amides is 1. The predicted molar refractivity (Wildman–Crippen MR) is 79.0 cm³/mol. The normalized spacial score (nSPS) is 10.3. The minimum atomic E-state index is -0.116. The first kappa shape index (κ1) is 15.0. The maximum atomic E-state index is 11.7. The number of aryl methyl sites for hydroxylation is 2. The quantitative estimate of drug-likeness (QED) is 0.721. The van der Waals surface area contributed by atoms with Gasteiger partial charge in [-0.1, -0.05) is 19.1 Å². The molecule has 0 bridgehead atoms. The Morgan fingerprint density at radius 2 is 2.33 bits per heavy atom. The molecule has 0 unspecified atom stereocenters. The highest BCUT2D eigenvalue weighted by Gasteiger charge is 2.03. The maximum Gasteiger partial charge on any atom is 0.257 e. The van der Waals surface area contributed by atoms with Crippen LogP contribution in [0.1, 0.15) is 24.7 Å². The van der Waals surface area contributed by atoms with Crippen LogP contribution in [0.3, 0.4) is 0 Å². The van der Waals surface area contributed by atoms with Crippen molar-refractivity contribution in [2.45, 2.75) is 26.2 Å². The maximum absolute atomic E-state index is 11.7. The van der Waals surface area contributed by atoms with Crippen molar-refractivity contribution < 1.29 is 9.53 Å². The number of aromatic amines is 1. The van der Waals surface area contributed by atoms with E-state index in [9.17, 15) is 4.79 Å². The molecule has 1 aromatic carbocycles. The number of nitrogens with one attached hydrogen (secondary N) is 2. The Bertz CT molecular complexity index is 555. The summed E-state index contributed by atoms with van der Waals surface area (Å²) in [5, 5.41) is 9.37. The van der Waals surface area contributed by atoms with Crippen LogP contribution in [0.5, 0.6) is 5.75 Å². The molecule has 2 aromatic rings.